The number of aromatic nitrogens is 2. The zero-order valence-corrected chi connectivity index (χ0v) is 13.2. The van der Waals surface area contributed by atoms with Crippen molar-refractivity contribution >= 4 is 5.82 Å². The molecule has 0 bridgehead atoms. The van der Waals surface area contributed by atoms with E-state index in [1.165, 1.54) is 24.5 Å². The molecule has 7 heteroatoms. The van der Waals surface area contributed by atoms with Crippen LogP contribution >= 0.6 is 0 Å². The van der Waals surface area contributed by atoms with Crippen molar-refractivity contribution in [2.45, 2.75) is 32.2 Å². The molecule has 1 atom stereocenters. The standard InChI is InChI=1S/C17H18F3N3O/c1-10(12-3-2-4-13(14(12)18)15(19)20)23-16-17(22-8-7-21-16)24-9-11-5-6-11/h2-4,7-8,10-11,15H,5-6,9H2,1H3,(H,21,23)/t10-/m1/s1. The molecule has 24 heavy (non-hydrogen) atoms. The zero-order chi connectivity index (χ0) is 17.1. The molecule has 0 aliphatic heterocycles. The fourth-order valence-corrected chi connectivity index (χ4v) is 2.37. The molecule has 3 rings (SSSR count). The third kappa shape index (κ3) is 3.77. The quantitative estimate of drug-likeness (QED) is 0.807. The number of nitrogens with one attached hydrogen (secondary N) is 1. The van der Waals surface area contributed by atoms with E-state index in [-0.39, 0.29) is 5.56 Å². The minimum absolute atomic E-state index is 0.145. The van der Waals surface area contributed by atoms with Crippen LogP contribution in [-0.4, -0.2) is 16.6 Å². The SMILES string of the molecule is C[C@@H](Nc1nccnc1OCC1CC1)c1cccc(C(F)F)c1F. The Balaban J connectivity index is 1.77. The van der Waals surface area contributed by atoms with Crippen molar-refractivity contribution < 1.29 is 17.9 Å². The van der Waals surface area contributed by atoms with Gasteiger partial charge in [-0.3, -0.25) is 0 Å². The molecule has 1 aliphatic rings. The lowest BCUT2D eigenvalue weighted by atomic mass is 10.0. The van der Waals surface area contributed by atoms with Crippen LogP contribution in [0.5, 0.6) is 5.88 Å². The smallest absolute Gasteiger partial charge is 0.266 e. The van der Waals surface area contributed by atoms with E-state index in [0.29, 0.717) is 24.2 Å². The maximum atomic E-state index is 14.3. The van der Waals surface area contributed by atoms with E-state index in [0.717, 1.165) is 18.9 Å². The minimum Gasteiger partial charge on any atom is -0.475 e. The highest BCUT2D eigenvalue weighted by molar-refractivity contribution is 5.47. The Morgan fingerprint density at radius 3 is 2.62 bits per heavy atom. The summed E-state index contributed by atoms with van der Waals surface area (Å²) in [4.78, 5) is 8.29. The third-order valence-electron chi connectivity index (χ3n) is 3.93. The predicted octanol–water partition coefficient (Wildman–Crippen LogP) is 4.52. The summed E-state index contributed by atoms with van der Waals surface area (Å²) in [6.45, 7) is 2.24. The minimum atomic E-state index is -2.86. The Morgan fingerprint density at radius 1 is 1.21 bits per heavy atom. The van der Waals surface area contributed by atoms with E-state index in [9.17, 15) is 13.2 Å². The molecule has 1 saturated carbocycles. The van der Waals surface area contributed by atoms with Gasteiger partial charge in [0.15, 0.2) is 5.82 Å². The highest BCUT2D eigenvalue weighted by Crippen LogP contribution is 2.32. The predicted molar refractivity (Wildman–Crippen MR) is 83.6 cm³/mol. The highest BCUT2D eigenvalue weighted by Gasteiger charge is 2.24. The molecule has 1 fully saturated rings. The average molecular weight is 337 g/mol. The lowest BCUT2D eigenvalue weighted by Crippen LogP contribution is -2.13. The second-order valence-electron chi connectivity index (χ2n) is 5.88. The maximum Gasteiger partial charge on any atom is 0.266 e. The molecular weight excluding hydrogens is 319 g/mol. The Bertz CT molecular complexity index is 707. The summed E-state index contributed by atoms with van der Waals surface area (Å²) in [6, 6.07) is 3.41. The van der Waals surface area contributed by atoms with Gasteiger partial charge in [0.05, 0.1) is 18.2 Å². The van der Waals surface area contributed by atoms with Gasteiger partial charge in [0.2, 0.25) is 0 Å². The van der Waals surface area contributed by atoms with E-state index < -0.39 is 23.8 Å². The first kappa shape index (κ1) is 16.5. The third-order valence-corrected chi connectivity index (χ3v) is 3.93. The van der Waals surface area contributed by atoms with Crippen LogP contribution in [0.3, 0.4) is 0 Å². The Labute approximate surface area is 138 Å². The van der Waals surface area contributed by atoms with Gasteiger partial charge in [0, 0.05) is 18.0 Å². The monoisotopic (exact) mass is 337 g/mol. The van der Waals surface area contributed by atoms with E-state index in [1.54, 1.807) is 6.92 Å². The molecule has 0 spiro atoms. The molecule has 0 radical (unpaired) electrons. The lowest BCUT2D eigenvalue weighted by molar-refractivity contribution is 0.146. The van der Waals surface area contributed by atoms with Crippen molar-refractivity contribution in [3.63, 3.8) is 0 Å². The Kier molecular flexibility index (Phi) is 4.87. The molecular formula is C17H18F3N3O. The van der Waals surface area contributed by atoms with Gasteiger partial charge in [-0.1, -0.05) is 18.2 Å². The number of benzene rings is 1. The van der Waals surface area contributed by atoms with Gasteiger partial charge in [0.25, 0.3) is 12.3 Å². The maximum absolute atomic E-state index is 14.3. The number of hydrogen-bond acceptors (Lipinski definition) is 4. The molecule has 1 aromatic carbocycles. The van der Waals surface area contributed by atoms with Crippen molar-refractivity contribution in [3.05, 3.63) is 47.5 Å². The van der Waals surface area contributed by atoms with E-state index in [2.05, 4.69) is 15.3 Å². The number of halogens is 3. The molecule has 1 aliphatic carbocycles. The van der Waals surface area contributed by atoms with Gasteiger partial charge in [-0.2, -0.15) is 0 Å². The van der Waals surface area contributed by atoms with Crippen LogP contribution in [0.1, 0.15) is 43.4 Å². The average Bonchev–Trinajstić information content (AvgIpc) is 3.38. The number of anilines is 1. The fraction of sp³-hybridized carbons (Fsp3) is 0.412. The summed E-state index contributed by atoms with van der Waals surface area (Å²) in [5.41, 5.74) is -0.461. The van der Waals surface area contributed by atoms with Crippen molar-refractivity contribution in [1.29, 1.82) is 0 Å². The summed E-state index contributed by atoms with van der Waals surface area (Å²) < 4.78 is 45.6. The normalized spacial score (nSPS) is 15.4. The van der Waals surface area contributed by atoms with Crippen LogP contribution < -0.4 is 10.1 Å². The number of rotatable bonds is 7. The second kappa shape index (κ2) is 7.07. The van der Waals surface area contributed by atoms with E-state index >= 15 is 0 Å². The fourth-order valence-electron chi connectivity index (χ4n) is 2.37. The van der Waals surface area contributed by atoms with Crippen molar-refractivity contribution in [3.8, 4) is 5.88 Å². The molecule has 0 unspecified atom stereocenters. The summed E-state index contributed by atoms with van der Waals surface area (Å²) in [7, 11) is 0. The van der Waals surface area contributed by atoms with E-state index in [1.807, 2.05) is 0 Å². The first-order valence-corrected chi connectivity index (χ1v) is 7.83. The van der Waals surface area contributed by atoms with Gasteiger partial charge in [0.1, 0.15) is 5.82 Å². The van der Waals surface area contributed by atoms with Gasteiger partial charge >= 0.3 is 0 Å². The topological polar surface area (TPSA) is 47.0 Å². The summed E-state index contributed by atoms with van der Waals surface area (Å²) in [6.07, 6.45) is 2.43. The van der Waals surface area contributed by atoms with Gasteiger partial charge in [-0.05, 0) is 25.7 Å². The summed E-state index contributed by atoms with van der Waals surface area (Å²) in [5.74, 6) is 0.350. The number of nitrogens with zero attached hydrogens (tertiary/aromatic N) is 2. The van der Waals surface area contributed by atoms with Gasteiger partial charge in [-0.25, -0.2) is 23.1 Å². The van der Waals surface area contributed by atoms with Crippen LogP contribution in [0.2, 0.25) is 0 Å². The molecule has 0 amide bonds. The lowest BCUT2D eigenvalue weighted by Gasteiger charge is -2.18. The molecule has 1 aromatic heterocycles. The summed E-state index contributed by atoms with van der Waals surface area (Å²) >= 11 is 0. The number of alkyl halides is 2. The molecule has 0 saturated heterocycles. The Morgan fingerprint density at radius 2 is 1.92 bits per heavy atom. The van der Waals surface area contributed by atoms with Crippen LogP contribution in [0.25, 0.3) is 0 Å². The molecule has 4 nitrogen and oxygen atoms in total. The van der Waals surface area contributed by atoms with Crippen LogP contribution in [0, 0.1) is 11.7 Å². The van der Waals surface area contributed by atoms with Crippen LogP contribution in [0.15, 0.2) is 30.6 Å². The van der Waals surface area contributed by atoms with Gasteiger partial charge in [-0.15, -0.1) is 0 Å². The van der Waals surface area contributed by atoms with E-state index in [4.69, 9.17) is 4.74 Å². The Hall–Kier alpha value is -2.31. The second-order valence-corrected chi connectivity index (χ2v) is 5.88. The molecule has 2 aromatic rings. The first-order valence-electron chi connectivity index (χ1n) is 7.83. The summed E-state index contributed by atoms with van der Waals surface area (Å²) in [5, 5.41) is 2.99. The number of ether oxygens (including phenoxy) is 1. The molecule has 128 valence electrons. The molecule has 1 N–H and O–H groups in total. The zero-order valence-electron chi connectivity index (χ0n) is 13.2. The first-order chi connectivity index (χ1) is 11.6. The van der Waals surface area contributed by atoms with Gasteiger partial charge < -0.3 is 10.1 Å². The van der Waals surface area contributed by atoms with Crippen molar-refractivity contribution in [2.75, 3.05) is 11.9 Å². The van der Waals surface area contributed by atoms with Crippen molar-refractivity contribution in [1.82, 2.24) is 9.97 Å². The van der Waals surface area contributed by atoms with Crippen molar-refractivity contribution in [2.24, 2.45) is 5.92 Å². The molecule has 1 heterocycles. The highest BCUT2D eigenvalue weighted by atomic mass is 19.3. The van der Waals surface area contributed by atoms with Crippen LogP contribution in [0.4, 0.5) is 19.0 Å². The van der Waals surface area contributed by atoms with Crippen LogP contribution in [-0.2, 0) is 0 Å². The number of hydrogen-bond donors (Lipinski definition) is 1. The largest absolute Gasteiger partial charge is 0.475 e.